The molecule has 1 heterocycles. The van der Waals surface area contributed by atoms with Crippen molar-refractivity contribution >= 4 is 11.5 Å². The Hall–Kier alpha value is -1.88. The molecule has 1 aromatic rings. The Morgan fingerprint density at radius 2 is 2.11 bits per heavy atom. The lowest BCUT2D eigenvalue weighted by atomic mass is 10.1. The van der Waals surface area contributed by atoms with Crippen molar-refractivity contribution in [1.29, 1.82) is 0 Å². The van der Waals surface area contributed by atoms with Crippen molar-refractivity contribution in [2.24, 2.45) is 5.73 Å². The molecule has 1 aliphatic rings. The van der Waals surface area contributed by atoms with Gasteiger partial charge in [-0.3, -0.25) is 4.79 Å². The Balaban J connectivity index is 2.10. The van der Waals surface area contributed by atoms with Crippen molar-refractivity contribution in [2.75, 3.05) is 13.2 Å². The van der Waals surface area contributed by atoms with E-state index in [9.17, 15) is 9.18 Å². The van der Waals surface area contributed by atoms with Gasteiger partial charge in [0.15, 0.2) is 11.6 Å². The third kappa shape index (κ3) is 3.32. The van der Waals surface area contributed by atoms with Crippen LogP contribution in [0.4, 0.5) is 4.39 Å². The Morgan fingerprint density at radius 1 is 1.42 bits per heavy atom. The van der Waals surface area contributed by atoms with Crippen LogP contribution in [0.25, 0.3) is 5.57 Å². The van der Waals surface area contributed by atoms with Gasteiger partial charge < -0.3 is 15.2 Å². The van der Waals surface area contributed by atoms with E-state index in [0.717, 1.165) is 12.8 Å². The van der Waals surface area contributed by atoms with E-state index in [1.165, 1.54) is 12.1 Å². The Morgan fingerprint density at radius 3 is 2.68 bits per heavy atom. The van der Waals surface area contributed by atoms with Crippen molar-refractivity contribution in [3.8, 4) is 5.75 Å². The van der Waals surface area contributed by atoms with Crippen LogP contribution in [0.5, 0.6) is 5.75 Å². The molecule has 102 valence electrons. The van der Waals surface area contributed by atoms with E-state index in [0.29, 0.717) is 18.8 Å². The second-order valence-electron chi connectivity index (χ2n) is 4.42. The highest BCUT2D eigenvalue weighted by molar-refractivity contribution is 6.17. The molecule has 19 heavy (non-hydrogen) atoms. The lowest BCUT2D eigenvalue weighted by molar-refractivity contribution is -0.112. The number of hydrogen-bond acceptors (Lipinski definition) is 3. The van der Waals surface area contributed by atoms with Gasteiger partial charge in [0.2, 0.25) is 5.91 Å². The molecule has 0 spiro atoms. The maximum atomic E-state index is 13.9. The molecular weight excluding hydrogens is 249 g/mol. The fraction of sp³-hybridized carbons (Fsp3) is 0.357. The van der Waals surface area contributed by atoms with Gasteiger partial charge in [-0.05, 0) is 17.7 Å². The monoisotopic (exact) mass is 265 g/mol. The molecule has 1 aliphatic heterocycles. The van der Waals surface area contributed by atoms with Crippen LogP contribution in [0.3, 0.4) is 0 Å². The first-order chi connectivity index (χ1) is 9.08. The van der Waals surface area contributed by atoms with E-state index < -0.39 is 11.7 Å². The Bertz CT molecular complexity index is 495. The van der Waals surface area contributed by atoms with Crippen molar-refractivity contribution in [1.82, 2.24) is 0 Å². The van der Waals surface area contributed by atoms with Crippen molar-refractivity contribution in [2.45, 2.75) is 18.9 Å². The molecule has 0 aliphatic carbocycles. The molecule has 5 heteroatoms. The van der Waals surface area contributed by atoms with Crippen LogP contribution in [0, 0.1) is 5.82 Å². The van der Waals surface area contributed by atoms with Gasteiger partial charge in [0.05, 0.1) is 13.2 Å². The van der Waals surface area contributed by atoms with Crippen LogP contribution < -0.4 is 10.5 Å². The molecule has 2 rings (SSSR count). The number of primary amides is 1. The van der Waals surface area contributed by atoms with Gasteiger partial charge in [-0.2, -0.15) is 0 Å². The number of carbonyl (C=O) groups excluding carboxylic acids is 1. The fourth-order valence-corrected chi connectivity index (χ4v) is 1.90. The zero-order valence-electron chi connectivity index (χ0n) is 10.5. The standard InChI is InChI=1S/C14H16FNO3/c1-9(14(16)17)10-2-3-13(12(15)8-10)19-11-4-6-18-7-5-11/h2-3,8,11H,1,4-7H2,(H2,16,17). The quantitative estimate of drug-likeness (QED) is 0.845. The van der Waals surface area contributed by atoms with Gasteiger partial charge >= 0.3 is 0 Å². The first kappa shape index (κ1) is 13.5. The molecule has 1 fully saturated rings. The number of ether oxygens (including phenoxy) is 2. The van der Waals surface area contributed by atoms with Crippen LogP contribution in [-0.2, 0) is 9.53 Å². The molecule has 0 atom stereocenters. The first-order valence-corrected chi connectivity index (χ1v) is 6.11. The van der Waals surface area contributed by atoms with E-state index >= 15 is 0 Å². The molecule has 1 aromatic carbocycles. The van der Waals surface area contributed by atoms with Crippen LogP contribution >= 0.6 is 0 Å². The third-order valence-electron chi connectivity index (χ3n) is 3.04. The summed E-state index contributed by atoms with van der Waals surface area (Å²) in [5.74, 6) is -1.02. The summed E-state index contributed by atoms with van der Waals surface area (Å²) in [4.78, 5) is 11.0. The number of carbonyl (C=O) groups is 1. The lowest BCUT2D eigenvalue weighted by Gasteiger charge is -2.23. The zero-order valence-corrected chi connectivity index (χ0v) is 10.5. The SMILES string of the molecule is C=C(C(N)=O)c1ccc(OC2CCOCC2)c(F)c1. The van der Waals surface area contributed by atoms with Gasteiger partial charge in [0.25, 0.3) is 0 Å². The van der Waals surface area contributed by atoms with Crippen LogP contribution in [0.15, 0.2) is 24.8 Å². The molecule has 0 unspecified atom stereocenters. The summed E-state index contributed by atoms with van der Waals surface area (Å²) in [5, 5.41) is 0. The lowest BCUT2D eigenvalue weighted by Crippen LogP contribution is -2.26. The molecule has 0 aromatic heterocycles. The number of rotatable bonds is 4. The normalized spacial score (nSPS) is 16.1. The third-order valence-corrected chi connectivity index (χ3v) is 3.04. The summed E-state index contributed by atoms with van der Waals surface area (Å²) in [6, 6.07) is 4.28. The zero-order chi connectivity index (χ0) is 13.8. The van der Waals surface area contributed by atoms with Crippen molar-refractivity contribution in [3.63, 3.8) is 0 Å². The second-order valence-corrected chi connectivity index (χ2v) is 4.42. The molecule has 4 nitrogen and oxygen atoms in total. The average molecular weight is 265 g/mol. The number of amides is 1. The summed E-state index contributed by atoms with van der Waals surface area (Å²) in [6.45, 7) is 4.77. The summed E-state index contributed by atoms with van der Waals surface area (Å²) in [5.41, 5.74) is 5.54. The molecule has 2 N–H and O–H groups in total. The molecule has 0 saturated carbocycles. The van der Waals surface area contributed by atoms with Gasteiger partial charge in [-0.25, -0.2) is 4.39 Å². The summed E-state index contributed by atoms with van der Waals surface area (Å²) < 4.78 is 24.7. The predicted octanol–water partition coefficient (Wildman–Crippen LogP) is 1.88. The van der Waals surface area contributed by atoms with Gasteiger partial charge in [-0.1, -0.05) is 12.6 Å². The number of benzene rings is 1. The van der Waals surface area contributed by atoms with E-state index in [2.05, 4.69) is 6.58 Å². The highest BCUT2D eigenvalue weighted by Crippen LogP contribution is 2.24. The van der Waals surface area contributed by atoms with Crippen LogP contribution in [0.1, 0.15) is 18.4 Å². The molecule has 1 saturated heterocycles. The fourth-order valence-electron chi connectivity index (χ4n) is 1.90. The molecule has 1 amide bonds. The summed E-state index contributed by atoms with van der Waals surface area (Å²) in [6.07, 6.45) is 1.46. The number of hydrogen-bond donors (Lipinski definition) is 1. The van der Waals surface area contributed by atoms with Gasteiger partial charge in [-0.15, -0.1) is 0 Å². The maximum Gasteiger partial charge on any atom is 0.248 e. The minimum Gasteiger partial charge on any atom is -0.487 e. The molecule has 0 radical (unpaired) electrons. The summed E-state index contributed by atoms with van der Waals surface area (Å²) in [7, 11) is 0. The molecule has 0 bridgehead atoms. The number of nitrogens with two attached hydrogens (primary N) is 1. The van der Waals surface area contributed by atoms with Crippen molar-refractivity contribution in [3.05, 3.63) is 36.2 Å². The minimum atomic E-state index is -0.669. The van der Waals surface area contributed by atoms with Gasteiger partial charge in [0.1, 0.15) is 6.10 Å². The minimum absolute atomic E-state index is 0.0339. The maximum absolute atomic E-state index is 13.9. The smallest absolute Gasteiger partial charge is 0.248 e. The van der Waals surface area contributed by atoms with E-state index in [1.54, 1.807) is 6.07 Å². The highest BCUT2D eigenvalue weighted by Gasteiger charge is 2.17. The largest absolute Gasteiger partial charge is 0.487 e. The Kier molecular flexibility index (Phi) is 4.16. The number of halogens is 1. The van der Waals surface area contributed by atoms with E-state index in [-0.39, 0.29) is 17.4 Å². The highest BCUT2D eigenvalue weighted by atomic mass is 19.1. The van der Waals surface area contributed by atoms with E-state index in [4.69, 9.17) is 15.2 Å². The predicted molar refractivity (Wildman–Crippen MR) is 69.1 cm³/mol. The summed E-state index contributed by atoms with van der Waals surface area (Å²) >= 11 is 0. The average Bonchev–Trinajstić information content (AvgIpc) is 2.41. The van der Waals surface area contributed by atoms with Crippen LogP contribution in [-0.4, -0.2) is 25.2 Å². The second kappa shape index (κ2) is 5.84. The Labute approximate surface area is 111 Å². The topological polar surface area (TPSA) is 61.6 Å². The van der Waals surface area contributed by atoms with E-state index in [1.807, 2.05) is 0 Å². The van der Waals surface area contributed by atoms with Crippen molar-refractivity contribution < 1.29 is 18.7 Å². The van der Waals surface area contributed by atoms with Gasteiger partial charge in [0, 0.05) is 18.4 Å². The van der Waals surface area contributed by atoms with Crippen LogP contribution in [0.2, 0.25) is 0 Å². The molecular formula is C14H16FNO3. The first-order valence-electron chi connectivity index (χ1n) is 6.11.